The maximum absolute atomic E-state index is 10.1. The van der Waals surface area contributed by atoms with Crippen LogP contribution in [0.1, 0.15) is 39.0 Å². The SMILES string of the molecule is CCCC1(O)CN(CCN2CCCCC2)C1. The van der Waals surface area contributed by atoms with Gasteiger partial charge in [0, 0.05) is 26.2 Å². The van der Waals surface area contributed by atoms with Gasteiger partial charge in [0.15, 0.2) is 0 Å². The molecular weight excluding hydrogens is 200 g/mol. The first-order chi connectivity index (χ1) is 7.72. The molecule has 2 fully saturated rings. The molecule has 3 heteroatoms. The second-order valence-corrected chi connectivity index (χ2v) is 5.59. The van der Waals surface area contributed by atoms with Crippen molar-refractivity contribution in [3.05, 3.63) is 0 Å². The van der Waals surface area contributed by atoms with E-state index in [0.29, 0.717) is 0 Å². The minimum atomic E-state index is -0.351. The van der Waals surface area contributed by atoms with Gasteiger partial charge in [0.1, 0.15) is 0 Å². The van der Waals surface area contributed by atoms with Crippen LogP contribution in [0.15, 0.2) is 0 Å². The number of rotatable bonds is 5. The third kappa shape index (κ3) is 3.19. The van der Waals surface area contributed by atoms with Crippen molar-refractivity contribution in [2.24, 2.45) is 0 Å². The Hall–Kier alpha value is -0.120. The van der Waals surface area contributed by atoms with Crippen molar-refractivity contribution >= 4 is 0 Å². The number of piperidine rings is 1. The second kappa shape index (κ2) is 5.48. The van der Waals surface area contributed by atoms with E-state index in [-0.39, 0.29) is 5.60 Å². The summed E-state index contributed by atoms with van der Waals surface area (Å²) < 4.78 is 0. The molecule has 0 unspecified atom stereocenters. The Balaban J connectivity index is 1.58. The Kier molecular flexibility index (Phi) is 4.22. The molecule has 2 rings (SSSR count). The highest BCUT2D eigenvalue weighted by Gasteiger charge is 2.39. The van der Waals surface area contributed by atoms with Crippen LogP contribution in [0, 0.1) is 0 Å². The van der Waals surface area contributed by atoms with E-state index >= 15 is 0 Å². The molecule has 0 spiro atoms. The van der Waals surface area contributed by atoms with Crippen LogP contribution in [0.5, 0.6) is 0 Å². The Labute approximate surface area is 99.4 Å². The van der Waals surface area contributed by atoms with Crippen LogP contribution in [-0.2, 0) is 0 Å². The molecule has 0 saturated carbocycles. The molecule has 2 aliphatic heterocycles. The van der Waals surface area contributed by atoms with Crippen LogP contribution in [0.4, 0.5) is 0 Å². The maximum Gasteiger partial charge on any atom is 0.0900 e. The first-order valence-electron chi connectivity index (χ1n) is 6.89. The third-order valence-corrected chi connectivity index (χ3v) is 3.93. The van der Waals surface area contributed by atoms with E-state index in [9.17, 15) is 5.11 Å². The predicted octanol–water partition coefficient (Wildman–Crippen LogP) is 1.32. The van der Waals surface area contributed by atoms with Crippen molar-refractivity contribution in [2.45, 2.75) is 44.6 Å². The zero-order chi connectivity index (χ0) is 11.4. The Morgan fingerprint density at radius 3 is 2.25 bits per heavy atom. The van der Waals surface area contributed by atoms with Crippen LogP contribution in [0.2, 0.25) is 0 Å². The number of aliphatic hydroxyl groups is 1. The van der Waals surface area contributed by atoms with Crippen molar-refractivity contribution in [3.63, 3.8) is 0 Å². The quantitative estimate of drug-likeness (QED) is 0.766. The van der Waals surface area contributed by atoms with E-state index in [2.05, 4.69) is 16.7 Å². The summed E-state index contributed by atoms with van der Waals surface area (Å²) in [6.07, 6.45) is 6.22. The fourth-order valence-corrected chi connectivity index (χ4v) is 3.03. The highest BCUT2D eigenvalue weighted by molar-refractivity contribution is 4.95. The van der Waals surface area contributed by atoms with Gasteiger partial charge in [-0.05, 0) is 32.4 Å². The lowest BCUT2D eigenvalue weighted by Crippen LogP contribution is -2.62. The summed E-state index contributed by atoms with van der Waals surface area (Å²) in [4.78, 5) is 4.96. The lowest BCUT2D eigenvalue weighted by Gasteiger charge is -2.47. The molecule has 2 aliphatic rings. The Bertz CT molecular complexity index is 208. The van der Waals surface area contributed by atoms with E-state index in [4.69, 9.17) is 0 Å². The Morgan fingerprint density at radius 2 is 1.62 bits per heavy atom. The van der Waals surface area contributed by atoms with Crippen LogP contribution in [0.3, 0.4) is 0 Å². The first-order valence-corrected chi connectivity index (χ1v) is 6.89. The summed E-state index contributed by atoms with van der Waals surface area (Å²) in [6.45, 7) is 8.85. The van der Waals surface area contributed by atoms with E-state index in [1.165, 1.54) is 38.9 Å². The number of likely N-dealkylation sites (tertiary alicyclic amines) is 2. The molecule has 3 nitrogen and oxygen atoms in total. The number of β-amino-alcohol motifs (C(OH)–C–C–N with tert-alkyl or cyclic N) is 1. The molecule has 0 amide bonds. The van der Waals surface area contributed by atoms with E-state index in [0.717, 1.165) is 32.5 Å². The number of hydrogen-bond donors (Lipinski definition) is 1. The first kappa shape index (κ1) is 12.3. The van der Waals surface area contributed by atoms with Crippen molar-refractivity contribution in [2.75, 3.05) is 39.3 Å². The van der Waals surface area contributed by atoms with E-state index in [1.54, 1.807) is 0 Å². The summed E-state index contributed by atoms with van der Waals surface area (Å²) in [6, 6.07) is 0. The standard InChI is InChI=1S/C13H26N2O/c1-2-6-13(16)11-15(12-13)10-9-14-7-4-3-5-8-14/h16H,2-12H2,1H3. The van der Waals surface area contributed by atoms with Gasteiger partial charge in [0.25, 0.3) is 0 Å². The molecule has 0 radical (unpaired) electrons. The molecule has 16 heavy (non-hydrogen) atoms. The van der Waals surface area contributed by atoms with Crippen LogP contribution < -0.4 is 0 Å². The zero-order valence-corrected chi connectivity index (χ0v) is 10.6. The summed E-state index contributed by atoms with van der Waals surface area (Å²) in [5.41, 5.74) is -0.351. The highest BCUT2D eigenvalue weighted by atomic mass is 16.3. The minimum absolute atomic E-state index is 0.351. The van der Waals surface area contributed by atoms with Gasteiger partial charge in [-0.1, -0.05) is 19.8 Å². The van der Waals surface area contributed by atoms with Crippen molar-refractivity contribution < 1.29 is 5.11 Å². The van der Waals surface area contributed by atoms with Crippen molar-refractivity contribution in [1.29, 1.82) is 0 Å². The van der Waals surface area contributed by atoms with Gasteiger partial charge in [-0.25, -0.2) is 0 Å². The average molecular weight is 226 g/mol. The van der Waals surface area contributed by atoms with E-state index < -0.39 is 0 Å². The number of nitrogens with zero attached hydrogens (tertiary/aromatic N) is 2. The zero-order valence-electron chi connectivity index (χ0n) is 10.6. The molecule has 1 N–H and O–H groups in total. The fourth-order valence-electron chi connectivity index (χ4n) is 3.03. The monoisotopic (exact) mass is 226 g/mol. The third-order valence-electron chi connectivity index (χ3n) is 3.93. The van der Waals surface area contributed by atoms with Gasteiger partial charge in [-0.3, -0.25) is 4.90 Å². The highest BCUT2D eigenvalue weighted by Crippen LogP contribution is 2.25. The van der Waals surface area contributed by atoms with Gasteiger partial charge in [-0.2, -0.15) is 0 Å². The fraction of sp³-hybridized carbons (Fsp3) is 1.00. The van der Waals surface area contributed by atoms with Gasteiger partial charge in [0.2, 0.25) is 0 Å². The van der Waals surface area contributed by atoms with Gasteiger partial charge < -0.3 is 10.0 Å². The van der Waals surface area contributed by atoms with Crippen LogP contribution >= 0.6 is 0 Å². The molecule has 94 valence electrons. The molecular formula is C13H26N2O. The van der Waals surface area contributed by atoms with Gasteiger partial charge in [0.05, 0.1) is 5.60 Å². The maximum atomic E-state index is 10.1. The minimum Gasteiger partial charge on any atom is -0.387 e. The lowest BCUT2D eigenvalue weighted by molar-refractivity contribution is -0.104. The van der Waals surface area contributed by atoms with Crippen molar-refractivity contribution in [1.82, 2.24) is 9.80 Å². The summed E-state index contributed by atoms with van der Waals surface area (Å²) >= 11 is 0. The molecule has 0 bridgehead atoms. The van der Waals surface area contributed by atoms with E-state index in [1.807, 2.05) is 0 Å². The summed E-state index contributed by atoms with van der Waals surface area (Å²) in [5.74, 6) is 0. The normalized spacial score (nSPS) is 26.6. The van der Waals surface area contributed by atoms with Crippen LogP contribution in [0.25, 0.3) is 0 Å². The van der Waals surface area contributed by atoms with Gasteiger partial charge in [-0.15, -0.1) is 0 Å². The number of hydrogen-bond acceptors (Lipinski definition) is 3. The molecule has 0 aromatic heterocycles. The second-order valence-electron chi connectivity index (χ2n) is 5.59. The topological polar surface area (TPSA) is 26.7 Å². The van der Waals surface area contributed by atoms with Crippen LogP contribution in [-0.4, -0.2) is 59.8 Å². The average Bonchev–Trinajstić information content (AvgIpc) is 2.25. The summed E-state index contributed by atoms with van der Waals surface area (Å²) in [7, 11) is 0. The van der Waals surface area contributed by atoms with Crippen molar-refractivity contribution in [3.8, 4) is 0 Å². The summed E-state index contributed by atoms with van der Waals surface area (Å²) in [5, 5.41) is 10.1. The molecule has 0 aromatic rings. The smallest absolute Gasteiger partial charge is 0.0900 e. The predicted molar refractivity (Wildman–Crippen MR) is 66.6 cm³/mol. The molecule has 0 aromatic carbocycles. The molecule has 0 atom stereocenters. The molecule has 0 aliphatic carbocycles. The van der Waals surface area contributed by atoms with Gasteiger partial charge >= 0.3 is 0 Å². The lowest BCUT2D eigenvalue weighted by atomic mass is 9.89. The molecule has 2 heterocycles. The Morgan fingerprint density at radius 1 is 1.00 bits per heavy atom. The largest absolute Gasteiger partial charge is 0.387 e. The molecule has 2 saturated heterocycles.